The molecule has 0 spiro atoms. The number of aliphatic carboxylic acids is 1. The van der Waals surface area contributed by atoms with Crippen molar-refractivity contribution in [1.82, 2.24) is 5.32 Å². The Morgan fingerprint density at radius 2 is 1.95 bits per heavy atom. The number of halogens is 2. The van der Waals surface area contributed by atoms with Crippen molar-refractivity contribution >= 4 is 11.9 Å². The quantitative estimate of drug-likeness (QED) is 0.863. The lowest BCUT2D eigenvalue weighted by Gasteiger charge is -2.25. The van der Waals surface area contributed by atoms with Gasteiger partial charge in [-0.1, -0.05) is 6.07 Å². The first kappa shape index (κ1) is 15.1. The SMILES string of the molecule is CC(C)(CCC(=O)O)NC(=O)c1cccc(F)c1F. The van der Waals surface area contributed by atoms with Gasteiger partial charge in [0.05, 0.1) is 5.56 Å². The van der Waals surface area contributed by atoms with E-state index in [9.17, 15) is 18.4 Å². The maximum absolute atomic E-state index is 13.4. The lowest BCUT2D eigenvalue weighted by molar-refractivity contribution is -0.137. The van der Waals surface area contributed by atoms with Gasteiger partial charge < -0.3 is 10.4 Å². The largest absolute Gasteiger partial charge is 0.481 e. The summed E-state index contributed by atoms with van der Waals surface area (Å²) < 4.78 is 26.4. The van der Waals surface area contributed by atoms with Gasteiger partial charge in [0.25, 0.3) is 5.91 Å². The Bertz CT molecular complexity index is 501. The highest BCUT2D eigenvalue weighted by molar-refractivity contribution is 5.94. The molecule has 0 aliphatic carbocycles. The third-order valence-corrected chi connectivity index (χ3v) is 2.61. The summed E-state index contributed by atoms with van der Waals surface area (Å²) in [7, 11) is 0. The number of nitrogens with one attached hydrogen (secondary N) is 1. The van der Waals surface area contributed by atoms with Crippen LogP contribution in [0.5, 0.6) is 0 Å². The summed E-state index contributed by atoms with van der Waals surface area (Å²) in [5, 5.41) is 11.1. The molecule has 2 N–H and O–H groups in total. The molecule has 1 rings (SSSR count). The van der Waals surface area contributed by atoms with Gasteiger partial charge in [0.15, 0.2) is 11.6 Å². The van der Waals surface area contributed by atoms with E-state index in [0.717, 1.165) is 6.07 Å². The predicted octanol–water partition coefficient (Wildman–Crippen LogP) is 2.34. The van der Waals surface area contributed by atoms with Crippen molar-refractivity contribution in [3.8, 4) is 0 Å². The van der Waals surface area contributed by atoms with Crippen LogP contribution in [0.2, 0.25) is 0 Å². The number of hydrogen-bond acceptors (Lipinski definition) is 2. The van der Waals surface area contributed by atoms with Crippen molar-refractivity contribution in [3.05, 3.63) is 35.4 Å². The minimum Gasteiger partial charge on any atom is -0.481 e. The van der Waals surface area contributed by atoms with Gasteiger partial charge in [-0.3, -0.25) is 9.59 Å². The van der Waals surface area contributed by atoms with Crippen LogP contribution < -0.4 is 5.32 Å². The summed E-state index contributed by atoms with van der Waals surface area (Å²) in [4.78, 5) is 22.3. The van der Waals surface area contributed by atoms with E-state index in [1.165, 1.54) is 12.1 Å². The molecule has 0 radical (unpaired) electrons. The zero-order valence-corrected chi connectivity index (χ0v) is 10.7. The Kier molecular flexibility index (Phi) is 4.58. The second kappa shape index (κ2) is 5.77. The van der Waals surface area contributed by atoms with Crippen LogP contribution in [0.1, 0.15) is 37.0 Å². The zero-order valence-electron chi connectivity index (χ0n) is 10.7. The number of carboxylic acids is 1. The molecule has 0 saturated heterocycles. The third-order valence-electron chi connectivity index (χ3n) is 2.61. The van der Waals surface area contributed by atoms with Crippen LogP contribution in [0.15, 0.2) is 18.2 Å². The van der Waals surface area contributed by atoms with E-state index in [1.54, 1.807) is 13.8 Å². The van der Waals surface area contributed by atoms with E-state index in [1.807, 2.05) is 0 Å². The number of benzene rings is 1. The first-order valence-corrected chi connectivity index (χ1v) is 5.71. The number of hydrogen-bond donors (Lipinski definition) is 2. The molecular weight excluding hydrogens is 256 g/mol. The van der Waals surface area contributed by atoms with Crippen molar-refractivity contribution < 1.29 is 23.5 Å². The second-order valence-electron chi connectivity index (χ2n) is 4.83. The standard InChI is InChI=1S/C13H15F2NO3/c1-13(2,7-6-10(17)18)16-12(19)8-4-3-5-9(14)11(8)15/h3-5H,6-7H2,1-2H3,(H,16,19)(H,17,18). The van der Waals surface area contributed by atoms with E-state index in [-0.39, 0.29) is 12.8 Å². The van der Waals surface area contributed by atoms with Crippen LogP contribution >= 0.6 is 0 Å². The Morgan fingerprint density at radius 3 is 2.53 bits per heavy atom. The smallest absolute Gasteiger partial charge is 0.303 e. The molecule has 19 heavy (non-hydrogen) atoms. The molecule has 0 aromatic heterocycles. The van der Waals surface area contributed by atoms with Crippen molar-refractivity contribution in [1.29, 1.82) is 0 Å². The molecule has 4 nitrogen and oxygen atoms in total. The van der Waals surface area contributed by atoms with Crippen LogP contribution in [-0.4, -0.2) is 22.5 Å². The van der Waals surface area contributed by atoms with Crippen molar-refractivity contribution in [2.75, 3.05) is 0 Å². The summed E-state index contributed by atoms with van der Waals surface area (Å²) in [6.07, 6.45) is 0.0594. The molecule has 104 valence electrons. The van der Waals surface area contributed by atoms with Gasteiger partial charge >= 0.3 is 5.97 Å². The van der Waals surface area contributed by atoms with Crippen LogP contribution in [-0.2, 0) is 4.79 Å². The predicted molar refractivity (Wildman–Crippen MR) is 64.8 cm³/mol. The Balaban J connectivity index is 2.79. The molecule has 0 aliphatic heterocycles. The zero-order chi connectivity index (χ0) is 14.6. The average Bonchev–Trinajstić information content (AvgIpc) is 2.29. The molecular formula is C13H15F2NO3. The first-order chi connectivity index (χ1) is 8.73. The van der Waals surface area contributed by atoms with Gasteiger partial charge in [-0.15, -0.1) is 0 Å². The highest BCUT2D eigenvalue weighted by Gasteiger charge is 2.24. The molecule has 0 heterocycles. The summed E-state index contributed by atoms with van der Waals surface area (Å²) >= 11 is 0. The molecule has 1 aromatic carbocycles. The van der Waals surface area contributed by atoms with E-state index in [4.69, 9.17) is 5.11 Å². The van der Waals surface area contributed by atoms with Gasteiger partial charge in [-0.2, -0.15) is 0 Å². The molecule has 0 saturated carbocycles. The molecule has 0 unspecified atom stereocenters. The highest BCUT2D eigenvalue weighted by Crippen LogP contribution is 2.15. The van der Waals surface area contributed by atoms with Crippen molar-refractivity contribution in [2.24, 2.45) is 0 Å². The second-order valence-corrected chi connectivity index (χ2v) is 4.83. The summed E-state index contributed by atoms with van der Waals surface area (Å²) in [5.41, 5.74) is -1.22. The number of amides is 1. The molecule has 0 atom stereocenters. The Labute approximate surface area is 109 Å². The van der Waals surface area contributed by atoms with E-state index >= 15 is 0 Å². The molecule has 0 aliphatic rings. The lowest BCUT2D eigenvalue weighted by atomic mass is 9.97. The highest BCUT2D eigenvalue weighted by atomic mass is 19.2. The monoisotopic (exact) mass is 271 g/mol. The topological polar surface area (TPSA) is 66.4 Å². The molecule has 6 heteroatoms. The van der Waals surface area contributed by atoms with Crippen LogP contribution in [0.4, 0.5) is 8.78 Å². The number of carbonyl (C=O) groups excluding carboxylic acids is 1. The number of carbonyl (C=O) groups is 2. The molecule has 1 amide bonds. The van der Waals surface area contributed by atoms with Crippen LogP contribution in [0.25, 0.3) is 0 Å². The summed E-state index contributed by atoms with van der Waals surface area (Å²) in [5.74, 6) is -4.07. The molecule has 1 aromatic rings. The molecule has 0 bridgehead atoms. The van der Waals surface area contributed by atoms with Crippen molar-refractivity contribution in [3.63, 3.8) is 0 Å². The maximum Gasteiger partial charge on any atom is 0.303 e. The molecule has 0 fully saturated rings. The fourth-order valence-electron chi connectivity index (χ4n) is 1.54. The number of carboxylic acid groups (broad SMARTS) is 1. The Hall–Kier alpha value is -1.98. The van der Waals surface area contributed by atoms with E-state index in [2.05, 4.69) is 5.32 Å². The minimum absolute atomic E-state index is 0.126. The summed E-state index contributed by atoms with van der Waals surface area (Å²) in [6, 6.07) is 3.32. The normalized spacial score (nSPS) is 11.2. The van der Waals surface area contributed by atoms with Gasteiger partial charge in [-0.25, -0.2) is 8.78 Å². The first-order valence-electron chi connectivity index (χ1n) is 5.71. The van der Waals surface area contributed by atoms with Gasteiger partial charge in [-0.05, 0) is 32.4 Å². The van der Waals surface area contributed by atoms with Gasteiger partial charge in [0.2, 0.25) is 0 Å². The van der Waals surface area contributed by atoms with Crippen LogP contribution in [0.3, 0.4) is 0 Å². The minimum atomic E-state index is -1.21. The summed E-state index contributed by atoms with van der Waals surface area (Å²) in [6.45, 7) is 3.23. The fraction of sp³-hybridized carbons (Fsp3) is 0.385. The average molecular weight is 271 g/mol. The maximum atomic E-state index is 13.4. The third kappa shape index (κ3) is 4.31. The lowest BCUT2D eigenvalue weighted by Crippen LogP contribution is -2.44. The van der Waals surface area contributed by atoms with E-state index in [0.29, 0.717) is 0 Å². The van der Waals surface area contributed by atoms with Gasteiger partial charge in [0, 0.05) is 12.0 Å². The van der Waals surface area contributed by atoms with Crippen molar-refractivity contribution in [2.45, 2.75) is 32.2 Å². The van der Waals surface area contributed by atoms with Crippen LogP contribution in [0, 0.1) is 11.6 Å². The van der Waals surface area contributed by atoms with Gasteiger partial charge in [0.1, 0.15) is 0 Å². The number of rotatable bonds is 5. The fourth-order valence-corrected chi connectivity index (χ4v) is 1.54. The Morgan fingerprint density at radius 1 is 1.32 bits per heavy atom. The van der Waals surface area contributed by atoms with E-state index < -0.39 is 34.6 Å².